The lowest BCUT2D eigenvalue weighted by atomic mass is 10.1. The van der Waals surface area contributed by atoms with Crippen molar-refractivity contribution in [2.24, 2.45) is 10.9 Å². The van der Waals surface area contributed by atoms with Gasteiger partial charge in [-0.15, -0.1) is 0 Å². The minimum atomic E-state index is 0.726. The van der Waals surface area contributed by atoms with Crippen LogP contribution in [0.4, 0.5) is 0 Å². The molecule has 0 fully saturated rings. The summed E-state index contributed by atoms with van der Waals surface area (Å²) < 4.78 is 0. The van der Waals surface area contributed by atoms with Gasteiger partial charge in [0.15, 0.2) is 0 Å². The molecule has 1 aromatic rings. The van der Waals surface area contributed by atoms with Crippen LogP contribution in [0.25, 0.3) is 0 Å². The number of benzene rings is 1. The van der Waals surface area contributed by atoms with Crippen molar-refractivity contribution < 1.29 is 0 Å². The summed E-state index contributed by atoms with van der Waals surface area (Å²) in [6, 6.07) is 10.2. The summed E-state index contributed by atoms with van der Waals surface area (Å²) in [6.07, 6.45) is 12.3. The first kappa shape index (κ1) is 13.1. The third-order valence-corrected chi connectivity index (χ3v) is 2.92. The molecule has 0 unspecified atom stereocenters. The first-order valence-electron chi connectivity index (χ1n) is 6.45. The lowest BCUT2D eigenvalue weighted by molar-refractivity contribution is 0.958. The Bertz CT molecular complexity index is 510. The summed E-state index contributed by atoms with van der Waals surface area (Å²) >= 11 is 0. The Labute approximate surface area is 114 Å². The van der Waals surface area contributed by atoms with E-state index in [1.165, 1.54) is 11.1 Å². The summed E-state index contributed by atoms with van der Waals surface area (Å²) in [5.74, 6) is 6.24. The Morgan fingerprint density at radius 3 is 2.84 bits per heavy atom. The second-order valence-electron chi connectivity index (χ2n) is 4.40. The molecular formula is C16H19N3. The van der Waals surface area contributed by atoms with Crippen molar-refractivity contribution in [3.63, 3.8) is 0 Å². The molecule has 3 N–H and O–H groups in total. The maximum Gasteiger partial charge on any atom is 0.126 e. The van der Waals surface area contributed by atoms with E-state index in [9.17, 15) is 0 Å². The molecule has 3 nitrogen and oxygen atoms in total. The van der Waals surface area contributed by atoms with Gasteiger partial charge in [0.25, 0.3) is 0 Å². The molecule has 0 aromatic heterocycles. The Morgan fingerprint density at radius 2 is 2.05 bits per heavy atom. The quantitative estimate of drug-likeness (QED) is 0.375. The molecule has 0 saturated carbocycles. The molecule has 0 bridgehead atoms. The van der Waals surface area contributed by atoms with Crippen LogP contribution < -0.4 is 11.2 Å². The molecule has 0 spiro atoms. The highest BCUT2D eigenvalue weighted by Gasteiger charge is 2.01. The number of nitrogens with two attached hydrogens (primary N) is 1. The SMILES string of the molecule is N/N=C(/Cc1ccccc1)NCC1=CC=CCC=C1. The van der Waals surface area contributed by atoms with Crippen molar-refractivity contribution in [3.8, 4) is 0 Å². The van der Waals surface area contributed by atoms with Crippen molar-refractivity contribution in [3.05, 3.63) is 71.8 Å². The molecule has 98 valence electrons. The van der Waals surface area contributed by atoms with Crippen LogP contribution in [0.15, 0.2) is 71.4 Å². The van der Waals surface area contributed by atoms with Gasteiger partial charge in [-0.25, -0.2) is 0 Å². The molecule has 0 amide bonds. The zero-order chi connectivity index (χ0) is 13.3. The molecular weight excluding hydrogens is 234 g/mol. The van der Waals surface area contributed by atoms with Gasteiger partial charge in [0, 0.05) is 13.0 Å². The minimum Gasteiger partial charge on any atom is -0.368 e. The fourth-order valence-corrected chi connectivity index (χ4v) is 1.89. The number of nitrogens with one attached hydrogen (secondary N) is 1. The van der Waals surface area contributed by atoms with Crippen LogP contribution in [-0.2, 0) is 6.42 Å². The van der Waals surface area contributed by atoms with E-state index in [0.717, 1.165) is 25.2 Å². The topological polar surface area (TPSA) is 50.4 Å². The van der Waals surface area contributed by atoms with Crippen LogP contribution in [0, 0.1) is 0 Å². The molecule has 3 heteroatoms. The van der Waals surface area contributed by atoms with Gasteiger partial charge in [0.2, 0.25) is 0 Å². The number of hydrazone groups is 1. The van der Waals surface area contributed by atoms with E-state index in [1.807, 2.05) is 18.2 Å². The van der Waals surface area contributed by atoms with Crippen LogP contribution >= 0.6 is 0 Å². The molecule has 19 heavy (non-hydrogen) atoms. The molecule has 1 aromatic carbocycles. The van der Waals surface area contributed by atoms with Crippen LogP contribution in [0.3, 0.4) is 0 Å². The number of allylic oxidation sites excluding steroid dienone is 4. The van der Waals surface area contributed by atoms with Crippen molar-refractivity contribution in [2.75, 3.05) is 6.54 Å². The number of rotatable bonds is 4. The highest BCUT2D eigenvalue weighted by atomic mass is 15.2. The second-order valence-corrected chi connectivity index (χ2v) is 4.40. The molecule has 1 aliphatic rings. The van der Waals surface area contributed by atoms with Crippen molar-refractivity contribution in [1.29, 1.82) is 0 Å². The van der Waals surface area contributed by atoms with Crippen molar-refractivity contribution >= 4 is 5.84 Å². The predicted octanol–water partition coefficient (Wildman–Crippen LogP) is 2.53. The standard InChI is InChI=1S/C16H19N3/c17-19-16(12-14-8-6-3-7-9-14)18-13-15-10-4-1-2-5-11-15/h1,3-11H,2,12-13,17H2,(H,18,19). The number of hydrogen-bond donors (Lipinski definition) is 2. The monoisotopic (exact) mass is 253 g/mol. The van der Waals surface area contributed by atoms with Gasteiger partial charge in [-0.1, -0.05) is 60.7 Å². The largest absolute Gasteiger partial charge is 0.368 e. The van der Waals surface area contributed by atoms with Gasteiger partial charge in [0.05, 0.1) is 0 Å². The van der Waals surface area contributed by atoms with Gasteiger partial charge in [-0.05, 0) is 17.6 Å². The normalized spacial score (nSPS) is 14.9. The molecule has 0 atom stereocenters. The van der Waals surface area contributed by atoms with Crippen LogP contribution in [-0.4, -0.2) is 12.4 Å². The van der Waals surface area contributed by atoms with Crippen molar-refractivity contribution in [1.82, 2.24) is 5.32 Å². The molecule has 1 aliphatic carbocycles. The summed E-state index contributed by atoms with van der Waals surface area (Å²) in [7, 11) is 0. The van der Waals surface area contributed by atoms with E-state index >= 15 is 0 Å². The highest BCUT2D eigenvalue weighted by Crippen LogP contribution is 2.04. The van der Waals surface area contributed by atoms with Gasteiger partial charge >= 0.3 is 0 Å². The van der Waals surface area contributed by atoms with Gasteiger partial charge in [-0.2, -0.15) is 5.10 Å². The first-order valence-corrected chi connectivity index (χ1v) is 6.45. The van der Waals surface area contributed by atoms with E-state index < -0.39 is 0 Å². The third-order valence-electron chi connectivity index (χ3n) is 2.92. The van der Waals surface area contributed by atoms with E-state index in [4.69, 9.17) is 5.84 Å². The fraction of sp³-hybridized carbons (Fsp3) is 0.188. The van der Waals surface area contributed by atoms with E-state index in [0.29, 0.717) is 0 Å². The average Bonchev–Trinajstić information content (AvgIpc) is 2.73. The predicted molar refractivity (Wildman–Crippen MR) is 80.8 cm³/mol. The van der Waals surface area contributed by atoms with Crippen molar-refractivity contribution in [2.45, 2.75) is 12.8 Å². The number of amidine groups is 1. The average molecular weight is 253 g/mol. The zero-order valence-electron chi connectivity index (χ0n) is 10.9. The lowest BCUT2D eigenvalue weighted by Crippen LogP contribution is -2.28. The third kappa shape index (κ3) is 4.47. The molecule has 0 saturated heterocycles. The summed E-state index contributed by atoms with van der Waals surface area (Å²) in [4.78, 5) is 0. The molecule has 0 radical (unpaired) electrons. The van der Waals surface area contributed by atoms with Crippen LogP contribution in [0.5, 0.6) is 0 Å². The lowest BCUT2D eigenvalue weighted by Gasteiger charge is -2.09. The number of nitrogens with zero attached hydrogens (tertiary/aromatic N) is 1. The van der Waals surface area contributed by atoms with E-state index in [-0.39, 0.29) is 0 Å². The zero-order valence-corrected chi connectivity index (χ0v) is 10.9. The van der Waals surface area contributed by atoms with Gasteiger partial charge in [-0.3, -0.25) is 0 Å². The van der Waals surface area contributed by atoms with Gasteiger partial charge in [0.1, 0.15) is 5.84 Å². The van der Waals surface area contributed by atoms with E-state index in [2.05, 4.69) is 52.9 Å². The maximum atomic E-state index is 5.44. The summed E-state index contributed by atoms with van der Waals surface area (Å²) in [6.45, 7) is 0.740. The molecule has 0 aliphatic heterocycles. The molecule has 2 rings (SSSR count). The fourth-order valence-electron chi connectivity index (χ4n) is 1.89. The maximum absolute atomic E-state index is 5.44. The smallest absolute Gasteiger partial charge is 0.126 e. The highest BCUT2D eigenvalue weighted by molar-refractivity contribution is 5.84. The Hall–Kier alpha value is -2.29. The number of hydrogen-bond acceptors (Lipinski definition) is 2. The molecule has 0 heterocycles. The Balaban J connectivity index is 1.90. The summed E-state index contributed by atoms with van der Waals surface area (Å²) in [5.41, 5.74) is 2.42. The van der Waals surface area contributed by atoms with E-state index in [1.54, 1.807) is 0 Å². The van der Waals surface area contributed by atoms with Crippen LogP contribution in [0.1, 0.15) is 12.0 Å². The van der Waals surface area contributed by atoms with Gasteiger partial charge < -0.3 is 11.2 Å². The first-order chi connectivity index (χ1) is 9.38. The minimum absolute atomic E-state index is 0.726. The Kier molecular flexibility index (Phi) is 4.99. The summed E-state index contributed by atoms with van der Waals surface area (Å²) in [5, 5.41) is 7.11. The van der Waals surface area contributed by atoms with Crippen LogP contribution in [0.2, 0.25) is 0 Å². The second kappa shape index (κ2) is 7.21. The Morgan fingerprint density at radius 1 is 1.21 bits per heavy atom.